The molecule has 1 rings (SSSR count). The summed E-state index contributed by atoms with van der Waals surface area (Å²) in [5.41, 5.74) is 1.31. The zero-order valence-corrected chi connectivity index (χ0v) is 8.50. The zero-order chi connectivity index (χ0) is 11.4. The minimum Gasteiger partial charge on any atom is -0.435 e. The highest BCUT2D eigenvalue weighted by atomic mass is 19.3. The Labute approximate surface area is 87.1 Å². The van der Waals surface area contributed by atoms with Crippen molar-refractivity contribution in [1.82, 2.24) is 0 Å². The van der Waals surface area contributed by atoms with Crippen molar-refractivity contribution in [3.8, 4) is 11.8 Å². The van der Waals surface area contributed by atoms with Crippen LogP contribution in [0.2, 0.25) is 0 Å². The molecule has 0 fully saturated rings. The Hall–Kier alpha value is -1.63. The van der Waals surface area contributed by atoms with Crippen molar-refractivity contribution >= 4 is 0 Å². The molecule has 0 aliphatic heterocycles. The number of aryl methyl sites for hydroxylation is 1. The topological polar surface area (TPSA) is 33.0 Å². The number of halogens is 2. The highest BCUT2D eigenvalue weighted by molar-refractivity contribution is 5.39. The second kappa shape index (κ2) is 4.74. The highest BCUT2D eigenvalue weighted by Gasteiger charge is 2.10. The number of ether oxygens (including phenoxy) is 1. The summed E-state index contributed by atoms with van der Waals surface area (Å²) in [5, 5.41) is 8.69. The maximum atomic E-state index is 12.0. The molecule has 1 aromatic carbocycles. The Morgan fingerprint density at radius 3 is 2.60 bits per heavy atom. The van der Waals surface area contributed by atoms with Crippen molar-refractivity contribution in [2.75, 3.05) is 0 Å². The third-order valence-corrected chi connectivity index (χ3v) is 2.12. The Balaban J connectivity index is 3.01. The first-order chi connectivity index (χ1) is 7.04. The lowest BCUT2D eigenvalue weighted by Gasteiger charge is -2.10. The van der Waals surface area contributed by atoms with Gasteiger partial charge in [-0.3, -0.25) is 0 Å². The van der Waals surface area contributed by atoms with Gasteiger partial charge in [0, 0.05) is 0 Å². The molecular formula is C11H11F2NO. The number of hydrogen-bond donors (Lipinski definition) is 0. The van der Waals surface area contributed by atoms with Crippen molar-refractivity contribution in [2.45, 2.75) is 26.4 Å². The second-order valence-corrected chi connectivity index (χ2v) is 3.25. The number of benzene rings is 1. The summed E-state index contributed by atoms with van der Waals surface area (Å²) in [6.07, 6.45) is 0. The van der Waals surface area contributed by atoms with Gasteiger partial charge in [0.1, 0.15) is 5.75 Å². The molecule has 0 bridgehead atoms. The summed E-state index contributed by atoms with van der Waals surface area (Å²) in [6, 6.07) is 6.92. The summed E-state index contributed by atoms with van der Waals surface area (Å²) in [4.78, 5) is 0. The lowest BCUT2D eigenvalue weighted by Crippen LogP contribution is -2.04. The molecule has 0 spiro atoms. The average molecular weight is 211 g/mol. The monoisotopic (exact) mass is 211 g/mol. The Bertz CT molecular complexity index is 385. The first kappa shape index (κ1) is 11.4. The predicted molar refractivity (Wildman–Crippen MR) is 51.8 cm³/mol. The first-order valence-electron chi connectivity index (χ1n) is 4.49. The van der Waals surface area contributed by atoms with Gasteiger partial charge >= 0.3 is 6.61 Å². The van der Waals surface area contributed by atoms with Gasteiger partial charge in [-0.05, 0) is 31.0 Å². The highest BCUT2D eigenvalue weighted by Crippen LogP contribution is 2.25. The average Bonchev–Trinajstić information content (AvgIpc) is 2.19. The fourth-order valence-electron chi connectivity index (χ4n) is 1.18. The maximum Gasteiger partial charge on any atom is 0.387 e. The molecule has 2 nitrogen and oxygen atoms in total. The number of nitrogens with zero attached hydrogens (tertiary/aromatic N) is 1. The van der Waals surface area contributed by atoms with Gasteiger partial charge in [0.2, 0.25) is 0 Å². The van der Waals surface area contributed by atoms with E-state index in [4.69, 9.17) is 5.26 Å². The van der Waals surface area contributed by atoms with E-state index in [0.717, 1.165) is 0 Å². The molecule has 15 heavy (non-hydrogen) atoms. The van der Waals surface area contributed by atoms with E-state index in [2.05, 4.69) is 4.74 Å². The molecule has 0 saturated heterocycles. The van der Waals surface area contributed by atoms with Crippen LogP contribution in [-0.4, -0.2) is 6.61 Å². The van der Waals surface area contributed by atoms with Gasteiger partial charge in [-0.1, -0.05) is 12.1 Å². The van der Waals surface area contributed by atoms with Crippen LogP contribution in [0.5, 0.6) is 5.75 Å². The molecule has 0 heterocycles. The molecule has 0 aromatic heterocycles. The maximum absolute atomic E-state index is 12.0. The lowest BCUT2D eigenvalue weighted by molar-refractivity contribution is -0.0503. The number of alkyl halides is 2. The van der Waals surface area contributed by atoms with E-state index in [-0.39, 0.29) is 11.7 Å². The van der Waals surface area contributed by atoms with Gasteiger partial charge in [-0.2, -0.15) is 14.0 Å². The summed E-state index contributed by atoms with van der Waals surface area (Å²) < 4.78 is 28.4. The van der Waals surface area contributed by atoms with Crippen LogP contribution < -0.4 is 4.74 Å². The Morgan fingerprint density at radius 1 is 1.40 bits per heavy atom. The second-order valence-electron chi connectivity index (χ2n) is 3.25. The van der Waals surface area contributed by atoms with Gasteiger partial charge in [-0.25, -0.2) is 0 Å². The molecule has 0 N–H and O–H groups in total. The van der Waals surface area contributed by atoms with Crippen molar-refractivity contribution in [1.29, 1.82) is 5.26 Å². The van der Waals surface area contributed by atoms with Gasteiger partial charge in [-0.15, -0.1) is 0 Å². The van der Waals surface area contributed by atoms with Crippen LogP contribution in [0.15, 0.2) is 18.2 Å². The van der Waals surface area contributed by atoms with Crippen LogP contribution in [0.3, 0.4) is 0 Å². The van der Waals surface area contributed by atoms with Crippen molar-refractivity contribution in [2.24, 2.45) is 0 Å². The van der Waals surface area contributed by atoms with E-state index < -0.39 is 6.61 Å². The van der Waals surface area contributed by atoms with Gasteiger partial charge in [0.15, 0.2) is 0 Å². The fraction of sp³-hybridized carbons (Fsp3) is 0.364. The third kappa shape index (κ3) is 2.91. The minimum absolute atomic E-state index is 0.129. The number of nitriles is 1. The van der Waals surface area contributed by atoms with E-state index in [1.807, 2.05) is 6.07 Å². The van der Waals surface area contributed by atoms with E-state index in [1.165, 1.54) is 6.07 Å². The summed E-state index contributed by atoms with van der Waals surface area (Å²) in [5.74, 6) is -0.199. The summed E-state index contributed by atoms with van der Waals surface area (Å²) in [6.45, 7) is 0.548. The van der Waals surface area contributed by atoms with Crippen LogP contribution in [0.4, 0.5) is 8.78 Å². The SMILES string of the molecule is Cc1ccc(C(C)C#N)cc1OC(F)F. The zero-order valence-electron chi connectivity index (χ0n) is 8.50. The smallest absolute Gasteiger partial charge is 0.387 e. The van der Waals surface area contributed by atoms with E-state index >= 15 is 0 Å². The van der Waals surface area contributed by atoms with Crippen molar-refractivity contribution < 1.29 is 13.5 Å². The summed E-state index contributed by atoms with van der Waals surface area (Å²) in [7, 11) is 0. The van der Waals surface area contributed by atoms with Crippen molar-refractivity contribution in [3.63, 3.8) is 0 Å². The van der Waals surface area contributed by atoms with E-state index in [1.54, 1.807) is 26.0 Å². The Kier molecular flexibility index (Phi) is 3.62. The molecule has 4 heteroatoms. The molecule has 0 saturated carbocycles. The molecule has 1 aromatic rings. The van der Waals surface area contributed by atoms with Crippen LogP contribution in [0, 0.1) is 18.3 Å². The molecule has 80 valence electrons. The molecule has 1 atom stereocenters. The molecule has 0 radical (unpaired) electrons. The van der Waals surface area contributed by atoms with Crippen molar-refractivity contribution in [3.05, 3.63) is 29.3 Å². The standard InChI is InChI=1S/C11H11F2NO/c1-7-3-4-9(8(2)6-14)5-10(7)15-11(12)13/h3-5,8,11H,1-2H3. The molecule has 0 aliphatic carbocycles. The quantitative estimate of drug-likeness (QED) is 0.769. The van der Waals surface area contributed by atoms with Crippen LogP contribution in [-0.2, 0) is 0 Å². The van der Waals surface area contributed by atoms with Crippen LogP contribution >= 0.6 is 0 Å². The molecule has 0 amide bonds. The molecular weight excluding hydrogens is 200 g/mol. The third-order valence-electron chi connectivity index (χ3n) is 2.12. The van der Waals surface area contributed by atoms with Gasteiger partial charge < -0.3 is 4.74 Å². The van der Waals surface area contributed by atoms with Gasteiger partial charge in [0.05, 0.1) is 12.0 Å². The van der Waals surface area contributed by atoms with Crippen LogP contribution in [0.1, 0.15) is 24.0 Å². The van der Waals surface area contributed by atoms with E-state index in [9.17, 15) is 8.78 Å². The normalized spacial score (nSPS) is 12.3. The predicted octanol–water partition coefficient (Wildman–Crippen LogP) is 3.22. The number of rotatable bonds is 3. The molecule has 1 unspecified atom stereocenters. The van der Waals surface area contributed by atoms with Gasteiger partial charge in [0.25, 0.3) is 0 Å². The van der Waals surface area contributed by atoms with Crippen LogP contribution in [0.25, 0.3) is 0 Å². The summed E-state index contributed by atoms with van der Waals surface area (Å²) >= 11 is 0. The lowest BCUT2D eigenvalue weighted by atomic mass is 10.0. The number of hydrogen-bond acceptors (Lipinski definition) is 2. The Morgan fingerprint density at radius 2 is 2.07 bits per heavy atom. The van der Waals surface area contributed by atoms with E-state index in [0.29, 0.717) is 11.1 Å². The fourth-order valence-corrected chi connectivity index (χ4v) is 1.18. The largest absolute Gasteiger partial charge is 0.435 e. The minimum atomic E-state index is -2.84. The first-order valence-corrected chi connectivity index (χ1v) is 4.49. The molecule has 0 aliphatic rings.